The van der Waals surface area contributed by atoms with E-state index in [9.17, 15) is 0 Å². The molecular formula is C10H15N3S. The lowest BCUT2D eigenvalue weighted by atomic mass is 9.97. The van der Waals surface area contributed by atoms with Crippen LogP contribution in [0.3, 0.4) is 0 Å². The largest absolute Gasteiger partial charge is 0.312 e. The molecular weight excluding hydrogens is 194 g/mol. The third-order valence-corrected chi connectivity index (χ3v) is 3.24. The predicted molar refractivity (Wildman–Crippen MR) is 58.1 cm³/mol. The Labute approximate surface area is 88.8 Å². The molecule has 0 aliphatic heterocycles. The Hall–Kier alpha value is -0.920. The van der Waals surface area contributed by atoms with Gasteiger partial charge in [0.05, 0.1) is 6.07 Å². The van der Waals surface area contributed by atoms with Gasteiger partial charge in [-0.05, 0) is 20.4 Å². The van der Waals surface area contributed by atoms with E-state index in [-0.39, 0.29) is 0 Å². The molecule has 0 unspecified atom stereocenters. The molecule has 1 heterocycles. The molecule has 0 amide bonds. The smallest absolute Gasteiger partial charge is 0.113 e. The second-order valence-electron chi connectivity index (χ2n) is 3.65. The number of nitriles is 1. The zero-order valence-corrected chi connectivity index (χ0v) is 9.61. The lowest BCUT2D eigenvalue weighted by Gasteiger charge is -2.09. The van der Waals surface area contributed by atoms with Gasteiger partial charge in [-0.15, -0.1) is 11.3 Å². The maximum atomic E-state index is 8.93. The summed E-state index contributed by atoms with van der Waals surface area (Å²) in [4.78, 5) is 5.45. The number of nitrogens with one attached hydrogen (secondary N) is 1. The van der Waals surface area contributed by atoms with E-state index in [1.54, 1.807) is 11.3 Å². The minimum Gasteiger partial charge on any atom is -0.312 e. The lowest BCUT2D eigenvalue weighted by molar-refractivity contribution is 0.679. The topological polar surface area (TPSA) is 48.7 Å². The Morgan fingerprint density at radius 3 is 2.93 bits per heavy atom. The average Bonchev–Trinajstić information content (AvgIpc) is 2.63. The standard InChI is InChI=1S/C10H15N3S/c1-4-12-5-8-6-13-9(14-8)10(2,3)7-11/h6,12H,4-5H2,1-3H3. The molecule has 0 saturated heterocycles. The molecule has 0 aromatic carbocycles. The summed E-state index contributed by atoms with van der Waals surface area (Å²) in [5, 5.41) is 13.1. The molecule has 1 aromatic rings. The van der Waals surface area contributed by atoms with Gasteiger partial charge in [-0.2, -0.15) is 5.26 Å². The first-order chi connectivity index (χ1) is 6.60. The number of aromatic nitrogens is 1. The van der Waals surface area contributed by atoms with Crippen LogP contribution >= 0.6 is 11.3 Å². The Kier molecular flexibility index (Phi) is 3.62. The van der Waals surface area contributed by atoms with Crippen LogP contribution in [0.15, 0.2) is 6.20 Å². The quantitative estimate of drug-likeness (QED) is 0.825. The highest BCUT2D eigenvalue weighted by atomic mass is 32.1. The first-order valence-electron chi connectivity index (χ1n) is 4.67. The van der Waals surface area contributed by atoms with Gasteiger partial charge in [0.2, 0.25) is 0 Å². The van der Waals surface area contributed by atoms with Crippen molar-refractivity contribution in [3.63, 3.8) is 0 Å². The van der Waals surface area contributed by atoms with E-state index in [0.717, 1.165) is 18.1 Å². The highest BCUT2D eigenvalue weighted by Crippen LogP contribution is 2.26. The van der Waals surface area contributed by atoms with E-state index in [4.69, 9.17) is 5.26 Å². The van der Waals surface area contributed by atoms with Crippen LogP contribution in [0.1, 0.15) is 30.7 Å². The van der Waals surface area contributed by atoms with Crippen molar-refractivity contribution in [3.05, 3.63) is 16.1 Å². The van der Waals surface area contributed by atoms with Crippen LogP contribution in [0.5, 0.6) is 0 Å². The Balaban J connectivity index is 2.74. The Morgan fingerprint density at radius 1 is 1.64 bits per heavy atom. The molecule has 0 atom stereocenters. The molecule has 1 N–H and O–H groups in total. The van der Waals surface area contributed by atoms with Crippen LogP contribution in [0.25, 0.3) is 0 Å². The van der Waals surface area contributed by atoms with Gasteiger partial charge in [-0.1, -0.05) is 6.92 Å². The maximum absolute atomic E-state index is 8.93. The first-order valence-corrected chi connectivity index (χ1v) is 5.49. The molecule has 0 aliphatic rings. The van der Waals surface area contributed by atoms with E-state index in [2.05, 4.69) is 23.3 Å². The van der Waals surface area contributed by atoms with Crippen molar-refractivity contribution in [1.29, 1.82) is 5.26 Å². The van der Waals surface area contributed by atoms with Crippen LogP contribution in [0.2, 0.25) is 0 Å². The zero-order valence-electron chi connectivity index (χ0n) is 8.79. The van der Waals surface area contributed by atoms with Crippen molar-refractivity contribution in [2.75, 3.05) is 6.54 Å². The van der Waals surface area contributed by atoms with Crippen molar-refractivity contribution in [2.45, 2.75) is 32.7 Å². The molecule has 4 heteroatoms. The van der Waals surface area contributed by atoms with E-state index < -0.39 is 5.41 Å². The second-order valence-corrected chi connectivity index (χ2v) is 4.76. The van der Waals surface area contributed by atoms with Gasteiger partial charge in [-0.25, -0.2) is 4.98 Å². The zero-order chi connectivity index (χ0) is 10.6. The molecule has 0 saturated carbocycles. The van der Waals surface area contributed by atoms with E-state index >= 15 is 0 Å². The number of thiazole rings is 1. The summed E-state index contributed by atoms with van der Waals surface area (Å²) >= 11 is 1.61. The van der Waals surface area contributed by atoms with Crippen LogP contribution in [-0.2, 0) is 12.0 Å². The second kappa shape index (κ2) is 4.54. The minimum absolute atomic E-state index is 0.463. The third kappa shape index (κ3) is 2.53. The summed E-state index contributed by atoms with van der Waals surface area (Å²) < 4.78 is 0. The molecule has 0 bridgehead atoms. The van der Waals surface area contributed by atoms with E-state index in [1.807, 2.05) is 20.0 Å². The Morgan fingerprint density at radius 2 is 2.36 bits per heavy atom. The summed E-state index contributed by atoms with van der Waals surface area (Å²) in [6, 6.07) is 2.25. The minimum atomic E-state index is -0.463. The van der Waals surface area contributed by atoms with Crippen LogP contribution in [0.4, 0.5) is 0 Å². The van der Waals surface area contributed by atoms with E-state index in [0.29, 0.717) is 0 Å². The van der Waals surface area contributed by atoms with Gasteiger partial charge in [0, 0.05) is 17.6 Å². The summed E-state index contributed by atoms with van der Waals surface area (Å²) in [5.74, 6) is 0. The average molecular weight is 209 g/mol. The summed E-state index contributed by atoms with van der Waals surface area (Å²) in [6.07, 6.45) is 1.85. The maximum Gasteiger partial charge on any atom is 0.113 e. The van der Waals surface area contributed by atoms with Gasteiger partial charge >= 0.3 is 0 Å². The van der Waals surface area contributed by atoms with Crippen molar-refractivity contribution in [1.82, 2.24) is 10.3 Å². The van der Waals surface area contributed by atoms with Gasteiger partial charge < -0.3 is 5.32 Å². The molecule has 0 radical (unpaired) electrons. The van der Waals surface area contributed by atoms with Crippen molar-refractivity contribution < 1.29 is 0 Å². The number of rotatable bonds is 4. The highest BCUT2D eigenvalue weighted by molar-refractivity contribution is 7.11. The van der Waals surface area contributed by atoms with Crippen molar-refractivity contribution in [2.24, 2.45) is 0 Å². The van der Waals surface area contributed by atoms with Crippen LogP contribution < -0.4 is 5.32 Å². The summed E-state index contributed by atoms with van der Waals surface area (Å²) in [6.45, 7) is 7.65. The van der Waals surface area contributed by atoms with Crippen molar-refractivity contribution >= 4 is 11.3 Å². The normalized spacial score (nSPS) is 11.3. The molecule has 0 fully saturated rings. The van der Waals surface area contributed by atoms with Gasteiger partial charge in [0.1, 0.15) is 10.4 Å². The fourth-order valence-electron chi connectivity index (χ4n) is 0.974. The molecule has 0 aliphatic carbocycles. The first kappa shape index (κ1) is 11.2. The number of hydrogen-bond acceptors (Lipinski definition) is 4. The molecule has 1 rings (SSSR count). The predicted octanol–water partition coefficient (Wildman–Crippen LogP) is 2.05. The molecule has 76 valence electrons. The lowest BCUT2D eigenvalue weighted by Crippen LogP contribution is -2.13. The van der Waals surface area contributed by atoms with Gasteiger partial charge in [0.15, 0.2) is 0 Å². The van der Waals surface area contributed by atoms with Gasteiger partial charge in [0.25, 0.3) is 0 Å². The number of hydrogen-bond donors (Lipinski definition) is 1. The molecule has 0 spiro atoms. The number of nitrogens with zero attached hydrogens (tertiary/aromatic N) is 2. The molecule has 14 heavy (non-hydrogen) atoms. The Bertz CT molecular complexity index is 335. The summed E-state index contributed by atoms with van der Waals surface area (Å²) in [5.41, 5.74) is -0.463. The van der Waals surface area contributed by atoms with Gasteiger partial charge in [-0.3, -0.25) is 0 Å². The SMILES string of the molecule is CCNCc1cnc(C(C)(C)C#N)s1. The fourth-order valence-corrected chi connectivity index (χ4v) is 1.91. The highest BCUT2D eigenvalue weighted by Gasteiger charge is 2.23. The summed E-state index contributed by atoms with van der Waals surface area (Å²) in [7, 11) is 0. The molecule has 1 aromatic heterocycles. The van der Waals surface area contributed by atoms with Crippen molar-refractivity contribution in [3.8, 4) is 6.07 Å². The fraction of sp³-hybridized carbons (Fsp3) is 0.600. The third-order valence-electron chi connectivity index (χ3n) is 1.92. The van der Waals surface area contributed by atoms with E-state index in [1.165, 1.54) is 4.88 Å². The monoisotopic (exact) mass is 209 g/mol. The molecule has 3 nitrogen and oxygen atoms in total. The van der Waals surface area contributed by atoms with Crippen LogP contribution in [-0.4, -0.2) is 11.5 Å². The van der Waals surface area contributed by atoms with Crippen LogP contribution in [0, 0.1) is 11.3 Å².